The lowest BCUT2D eigenvalue weighted by atomic mass is 10.2. The molecule has 0 saturated heterocycles. The van der Waals surface area contributed by atoms with Gasteiger partial charge in [0, 0.05) is 6.20 Å². The number of H-pyrrole nitrogens is 2. The SMILES string of the molecule is Cc1ccc(NC(=O)c2c[nH]c(=O)[nH]2)c(O)c1. The van der Waals surface area contributed by atoms with Crippen LogP contribution in [0.4, 0.5) is 5.69 Å². The van der Waals surface area contributed by atoms with Crippen LogP contribution in [0, 0.1) is 6.92 Å². The minimum absolute atomic E-state index is 0.0174. The van der Waals surface area contributed by atoms with Crippen molar-refractivity contribution in [2.75, 3.05) is 5.32 Å². The highest BCUT2D eigenvalue weighted by molar-refractivity contribution is 6.03. The highest BCUT2D eigenvalue weighted by Crippen LogP contribution is 2.24. The Bertz CT molecular complexity index is 612. The van der Waals surface area contributed by atoms with Crippen molar-refractivity contribution in [2.45, 2.75) is 6.92 Å². The van der Waals surface area contributed by atoms with E-state index in [0.29, 0.717) is 5.69 Å². The van der Waals surface area contributed by atoms with Gasteiger partial charge in [0.1, 0.15) is 11.4 Å². The van der Waals surface area contributed by atoms with Gasteiger partial charge in [-0.1, -0.05) is 6.07 Å². The monoisotopic (exact) mass is 233 g/mol. The first-order valence-electron chi connectivity index (χ1n) is 4.95. The van der Waals surface area contributed by atoms with Gasteiger partial charge in [-0.2, -0.15) is 0 Å². The van der Waals surface area contributed by atoms with Crippen LogP contribution in [-0.2, 0) is 0 Å². The maximum Gasteiger partial charge on any atom is 0.323 e. The Balaban J connectivity index is 2.21. The molecule has 1 aromatic heterocycles. The molecule has 2 rings (SSSR count). The van der Waals surface area contributed by atoms with E-state index in [2.05, 4.69) is 15.3 Å². The van der Waals surface area contributed by atoms with Crippen LogP contribution >= 0.6 is 0 Å². The molecule has 0 atom stereocenters. The Morgan fingerprint density at radius 1 is 1.41 bits per heavy atom. The van der Waals surface area contributed by atoms with Gasteiger partial charge in [-0.25, -0.2) is 4.79 Å². The number of aromatic amines is 2. The molecule has 0 aliphatic heterocycles. The Kier molecular flexibility index (Phi) is 2.70. The first-order chi connectivity index (χ1) is 8.06. The fourth-order valence-electron chi connectivity index (χ4n) is 1.39. The molecule has 0 bridgehead atoms. The summed E-state index contributed by atoms with van der Waals surface area (Å²) in [6.07, 6.45) is 1.27. The number of hydrogen-bond donors (Lipinski definition) is 4. The second kappa shape index (κ2) is 4.17. The zero-order valence-electron chi connectivity index (χ0n) is 9.07. The number of aromatic nitrogens is 2. The fourth-order valence-corrected chi connectivity index (χ4v) is 1.39. The minimum atomic E-state index is -0.498. The Morgan fingerprint density at radius 2 is 2.18 bits per heavy atom. The second-order valence-electron chi connectivity index (χ2n) is 3.63. The van der Waals surface area contributed by atoms with E-state index in [9.17, 15) is 14.7 Å². The standard InChI is InChI=1S/C11H11N3O3/c1-6-2-3-7(9(15)4-6)13-10(16)8-5-12-11(17)14-8/h2-5,15H,1H3,(H,13,16)(H2,12,14,17). The molecule has 0 aliphatic carbocycles. The maximum absolute atomic E-state index is 11.7. The number of phenolic OH excluding ortho intramolecular Hbond substituents is 1. The molecule has 0 aliphatic rings. The number of phenols is 1. The van der Waals surface area contributed by atoms with Crippen molar-refractivity contribution in [3.05, 3.63) is 46.1 Å². The summed E-state index contributed by atoms with van der Waals surface area (Å²) in [6.45, 7) is 1.83. The van der Waals surface area contributed by atoms with Crippen molar-refractivity contribution >= 4 is 11.6 Å². The van der Waals surface area contributed by atoms with Crippen molar-refractivity contribution in [1.82, 2.24) is 9.97 Å². The van der Waals surface area contributed by atoms with Gasteiger partial charge >= 0.3 is 5.69 Å². The van der Waals surface area contributed by atoms with Gasteiger partial charge in [0.25, 0.3) is 5.91 Å². The van der Waals surface area contributed by atoms with Gasteiger partial charge in [-0.05, 0) is 24.6 Å². The number of benzene rings is 1. The van der Waals surface area contributed by atoms with Crippen molar-refractivity contribution in [1.29, 1.82) is 0 Å². The summed E-state index contributed by atoms with van der Waals surface area (Å²) in [5.41, 5.74) is 0.830. The van der Waals surface area contributed by atoms with E-state index >= 15 is 0 Å². The molecule has 6 nitrogen and oxygen atoms in total. The molecular weight excluding hydrogens is 222 g/mol. The number of amides is 1. The summed E-state index contributed by atoms with van der Waals surface area (Å²) in [5.74, 6) is -0.515. The number of aryl methyl sites for hydroxylation is 1. The third-order valence-corrected chi connectivity index (χ3v) is 2.24. The molecule has 1 aromatic carbocycles. The van der Waals surface area contributed by atoms with E-state index in [1.165, 1.54) is 12.3 Å². The van der Waals surface area contributed by atoms with E-state index in [0.717, 1.165) is 5.56 Å². The number of nitrogens with one attached hydrogen (secondary N) is 3. The zero-order chi connectivity index (χ0) is 12.4. The molecular formula is C11H11N3O3. The van der Waals surface area contributed by atoms with Gasteiger partial charge in [-0.3, -0.25) is 4.79 Å². The molecule has 88 valence electrons. The van der Waals surface area contributed by atoms with Gasteiger partial charge in [0.05, 0.1) is 5.69 Å². The number of carbonyl (C=O) groups excluding carboxylic acids is 1. The zero-order valence-corrected chi connectivity index (χ0v) is 9.07. The minimum Gasteiger partial charge on any atom is -0.506 e. The number of hydrogen-bond acceptors (Lipinski definition) is 3. The largest absolute Gasteiger partial charge is 0.506 e. The van der Waals surface area contributed by atoms with Crippen molar-refractivity contribution in [2.24, 2.45) is 0 Å². The maximum atomic E-state index is 11.7. The lowest BCUT2D eigenvalue weighted by Crippen LogP contribution is -2.14. The Labute approximate surface area is 96.3 Å². The molecule has 1 heterocycles. The molecule has 0 unspecified atom stereocenters. The van der Waals surface area contributed by atoms with E-state index in [-0.39, 0.29) is 11.4 Å². The van der Waals surface area contributed by atoms with E-state index in [4.69, 9.17) is 0 Å². The number of carbonyl (C=O) groups is 1. The average Bonchev–Trinajstić information content (AvgIpc) is 2.69. The Morgan fingerprint density at radius 3 is 2.76 bits per heavy atom. The molecule has 0 spiro atoms. The van der Waals surface area contributed by atoms with Crippen LogP contribution < -0.4 is 11.0 Å². The van der Waals surface area contributed by atoms with Gasteiger partial charge in [-0.15, -0.1) is 0 Å². The van der Waals surface area contributed by atoms with Crippen molar-refractivity contribution < 1.29 is 9.90 Å². The van der Waals surface area contributed by atoms with Crippen LogP contribution in [0.25, 0.3) is 0 Å². The van der Waals surface area contributed by atoms with E-state index in [1.54, 1.807) is 12.1 Å². The molecule has 4 N–H and O–H groups in total. The molecule has 2 aromatic rings. The van der Waals surface area contributed by atoms with Crippen LogP contribution in [0.5, 0.6) is 5.75 Å². The summed E-state index contributed by atoms with van der Waals surface area (Å²) in [4.78, 5) is 27.1. The van der Waals surface area contributed by atoms with Crippen LogP contribution in [0.2, 0.25) is 0 Å². The summed E-state index contributed by atoms with van der Waals surface area (Å²) in [5, 5.41) is 12.1. The normalized spacial score (nSPS) is 10.2. The lowest BCUT2D eigenvalue weighted by Gasteiger charge is -2.06. The topological polar surface area (TPSA) is 98.0 Å². The number of anilines is 1. The van der Waals surface area contributed by atoms with E-state index in [1.807, 2.05) is 6.92 Å². The van der Waals surface area contributed by atoms with Gasteiger partial charge in [0.2, 0.25) is 0 Å². The predicted molar refractivity (Wildman–Crippen MR) is 62.2 cm³/mol. The van der Waals surface area contributed by atoms with Crippen molar-refractivity contribution in [3.8, 4) is 5.75 Å². The number of rotatable bonds is 2. The van der Waals surface area contributed by atoms with Gasteiger partial charge < -0.3 is 20.4 Å². The summed E-state index contributed by atoms with van der Waals surface area (Å²) in [7, 11) is 0. The van der Waals surface area contributed by atoms with Crippen LogP contribution in [0.1, 0.15) is 16.1 Å². The molecule has 17 heavy (non-hydrogen) atoms. The van der Waals surface area contributed by atoms with Crippen LogP contribution in [0.15, 0.2) is 29.2 Å². The van der Waals surface area contributed by atoms with Crippen LogP contribution in [-0.4, -0.2) is 21.0 Å². The van der Waals surface area contributed by atoms with E-state index < -0.39 is 11.6 Å². The first kappa shape index (κ1) is 11.0. The lowest BCUT2D eigenvalue weighted by molar-refractivity contribution is 0.102. The second-order valence-corrected chi connectivity index (χ2v) is 3.63. The number of aromatic hydroxyl groups is 1. The summed E-state index contributed by atoms with van der Waals surface area (Å²) < 4.78 is 0. The quantitative estimate of drug-likeness (QED) is 0.582. The number of imidazole rings is 1. The highest BCUT2D eigenvalue weighted by Gasteiger charge is 2.10. The smallest absolute Gasteiger partial charge is 0.323 e. The third-order valence-electron chi connectivity index (χ3n) is 2.24. The first-order valence-corrected chi connectivity index (χ1v) is 4.95. The van der Waals surface area contributed by atoms with Crippen LogP contribution in [0.3, 0.4) is 0 Å². The Hall–Kier alpha value is -2.50. The summed E-state index contributed by atoms with van der Waals surface area (Å²) in [6, 6.07) is 4.89. The predicted octanol–water partition coefficient (Wildman–Crippen LogP) is 0.969. The highest BCUT2D eigenvalue weighted by atomic mass is 16.3. The summed E-state index contributed by atoms with van der Waals surface area (Å²) >= 11 is 0. The third kappa shape index (κ3) is 2.36. The molecule has 1 amide bonds. The molecule has 6 heteroatoms. The van der Waals surface area contributed by atoms with Gasteiger partial charge in [0.15, 0.2) is 0 Å². The molecule has 0 saturated carbocycles. The molecule has 0 radical (unpaired) electrons. The fraction of sp³-hybridized carbons (Fsp3) is 0.0909. The average molecular weight is 233 g/mol. The molecule has 0 fully saturated rings. The van der Waals surface area contributed by atoms with Crippen molar-refractivity contribution in [3.63, 3.8) is 0 Å².